The molecule has 3 heterocycles. The molecule has 0 aliphatic carbocycles. The van der Waals surface area contributed by atoms with Crippen LogP contribution in [0.25, 0.3) is 22.2 Å². The smallest absolute Gasteiger partial charge is 0.322 e. The number of methoxy groups -OCH3 is 1. The summed E-state index contributed by atoms with van der Waals surface area (Å²) in [6.07, 6.45) is 7.42. The van der Waals surface area contributed by atoms with E-state index in [2.05, 4.69) is 55.2 Å². The molecule has 0 spiro atoms. The van der Waals surface area contributed by atoms with Crippen molar-refractivity contribution < 1.29 is 22.8 Å². The number of carbonyl (C=O) groups is 1. The predicted octanol–water partition coefficient (Wildman–Crippen LogP) is 5.62. The molecule has 11 nitrogen and oxygen atoms in total. The van der Waals surface area contributed by atoms with Gasteiger partial charge in [0.15, 0.2) is 0 Å². The van der Waals surface area contributed by atoms with Crippen LogP contribution in [-0.2, 0) is 26.2 Å². The lowest BCUT2D eigenvalue weighted by molar-refractivity contribution is -0.128. The molecule has 45 heavy (non-hydrogen) atoms. The van der Waals surface area contributed by atoms with Gasteiger partial charge in [0.05, 0.1) is 23.4 Å². The van der Waals surface area contributed by atoms with Crippen molar-refractivity contribution in [2.24, 2.45) is 0 Å². The molecule has 0 radical (unpaired) electrons. The molecule has 232 valence electrons. The van der Waals surface area contributed by atoms with E-state index in [-0.39, 0.29) is 17.1 Å². The maximum atomic E-state index is 13.2. The van der Waals surface area contributed by atoms with E-state index in [0.29, 0.717) is 21.7 Å². The third kappa shape index (κ3) is 6.76. The zero-order valence-electron chi connectivity index (χ0n) is 24.9. The van der Waals surface area contributed by atoms with Crippen LogP contribution in [0.4, 0.5) is 17.2 Å². The van der Waals surface area contributed by atoms with E-state index in [1.807, 2.05) is 6.07 Å². The number of nitrogens with one attached hydrogen (secondary N) is 1. The number of benzene rings is 3. The molecule has 1 fully saturated rings. The van der Waals surface area contributed by atoms with Gasteiger partial charge in [-0.1, -0.05) is 10.5 Å². The van der Waals surface area contributed by atoms with Crippen LogP contribution in [0, 0.1) is 0 Å². The lowest BCUT2D eigenvalue weighted by Crippen LogP contribution is -2.30. The predicted molar refractivity (Wildman–Crippen MR) is 173 cm³/mol. The number of sulfonamides is 1. The Kier molecular flexibility index (Phi) is 8.94. The molecule has 1 aliphatic rings. The van der Waals surface area contributed by atoms with Crippen molar-refractivity contribution in [1.82, 2.24) is 19.4 Å². The normalized spacial score (nSPS) is 13.5. The third-order valence-corrected chi connectivity index (χ3v) is 9.47. The molecule has 0 atom stereocenters. The number of likely N-dealkylation sites (tertiary alicyclic amines) is 1. The van der Waals surface area contributed by atoms with E-state index < -0.39 is 10.0 Å². The van der Waals surface area contributed by atoms with Crippen LogP contribution < -0.4 is 14.5 Å². The number of fused-ring (bicyclic) bond motifs is 1. The van der Waals surface area contributed by atoms with Crippen LogP contribution in [0.1, 0.15) is 19.3 Å². The van der Waals surface area contributed by atoms with Crippen molar-refractivity contribution in [3.63, 3.8) is 0 Å². The van der Waals surface area contributed by atoms with Crippen molar-refractivity contribution in [3.05, 3.63) is 91.4 Å². The fraction of sp³-hybridized carbons (Fsp3) is 0.242. The Bertz CT molecular complexity index is 1870. The summed E-state index contributed by atoms with van der Waals surface area (Å²) in [5, 5.41) is 4.39. The fourth-order valence-corrected chi connectivity index (χ4v) is 6.78. The lowest BCUT2D eigenvalue weighted by Gasteiger charge is -2.21. The molecule has 1 aliphatic heterocycles. The van der Waals surface area contributed by atoms with Crippen molar-refractivity contribution in [2.75, 3.05) is 36.5 Å². The Morgan fingerprint density at radius 1 is 0.933 bits per heavy atom. The Morgan fingerprint density at radius 3 is 2.44 bits per heavy atom. The van der Waals surface area contributed by atoms with Crippen LogP contribution in [0.3, 0.4) is 0 Å². The summed E-state index contributed by atoms with van der Waals surface area (Å²) in [5.74, 6) is 1.07. The number of hydrogen-bond donors (Lipinski definition) is 1. The van der Waals surface area contributed by atoms with E-state index in [1.165, 1.54) is 81.3 Å². The Hall–Kier alpha value is -4.94. The summed E-state index contributed by atoms with van der Waals surface area (Å²) in [6.45, 7) is 4.65. The molecule has 0 unspecified atom stereocenters. The molecule has 12 heteroatoms. The third-order valence-electron chi connectivity index (χ3n) is 7.87. The summed E-state index contributed by atoms with van der Waals surface area (Å²) >= 11 is 0. The number of ether oxygens (including phenoxy) is 1. The first-order chi connectivity index (χ1) is 21.9. The maximum Gasteiger partial charge on any atom is 0.322 e. The van der Waals surface area contributed by atoms with Gasteiger partial charge >= 0.3 is 6.47 Å². The highest BCUT2D eigenvalue weighted by molar-refractivity contribution is 7.92. The molecule has 3 aromatic carbocycles. The number of aryl methyl sites for hydroxylation is 1. The molecular weight excluding hydrogens is 592 g/mol. The topological polar surface area (TPSA) is 119 Å². The van der Waals surface area contributed by atoms with Crippen LogP contribution >= 0.6 is 0 Å². The van der Waals surface area contributed by atoms with Crippen LogP contribution in [0.2, 0.25) is 0 Å². The van der Waals surface area contributed by atoms with Crippen molar-refractivity contribution in [2.45, 2.75) is 30.7 Å². The van der Waals surface area contributed by atoms with E-state index >= 15 is 0 Å². The van der Waals surface area contributed by atoms with Crippen molar-refractivity contribution >= 4 is 44.6 Å². The average molecular weight is 627 g/mol. The van der Waals surface area contributed by atoms with Gasteiger partial charge in [-0.05, 0) is 106 Å². The van der Waals surface area contributed by atoms with E-state index in [1.54, 1.807) is 12.1 Å². The largest absolute Gasteiger partial charge is 0.497 e. The summed E-state index contributed by atoms with van der Waals surface area (Å²) in [6, 6.07) is 22.5. The number of rotatable bonds is 13. The van der Waals surface area contributed by atoms with Gasteiger partial charge in [-0.15, -0.1) is 0 Å². The molecule has 5 aromatic rings. The van der Waals surface area contributed by atoms with Crippen LogP contribution in [-0.4, -0.2) is 61.1 Å². The second kappa shape index (κ2) is 13.4. The summed E-state index contributed by atoms with van der Waals surface area (Å²) in [7, 11) is -2.71. The number of carbonyl (C=O) groups excluding carboxylic acids is 1. The van der Waals surface area contributed by atoms with Gasteiger partial charge in [-0.3, -0.25) is 4.79 Å². The average Bonchev–Trinajstić information content (AvgIpc) is 3.74. The molecule has 2 aromatic heterocycles. The van der Waals surface area contributed by atoms with Crippen molar-refractivity contribution in [3.8, 4) is 17.0 Å². The van der Waals surface area contributed by atoms with Gasteiger partial charge in [-0.25, -0.2) is 9.97 Å². The van der Waals surface area contributed by atoms with Gasteiger partial charge in [-0.2, -0.15) is 8.42 Å². The highest BCUT2D eigenvalue weighted by Crippen LogP contribution is 2.29. The second-order valence-electron chi connectivity index (χ2n) is 10.8. The van der Waals surface area contributed by atoms with Gasteiger partial charge in [0.2, 0.25) is 0 Å². The Labute approximate surface area is 262 Å². The number of anilines is 3. The van der Waals surface area contributed by atoms with E-state index in [9.17, 15) is 13.2 Å². The minimum Gasteiger partial charge on any atom is -0.497 e. The molecular formula is C33H34N6O5S. The van der Waals surface area contributed by atoms with Gasteiger partial charge in [0, 0.05) is 41.0 Å². The monoisotopic (exact) mass is 626 g/mol. The SMILES string of the molecule is COc1ccc(S(=O)(=O)N(OC=O)c2ccc(Nc3cc(-c4ccc5c(ccn5CCCN5CCCC5)c4)ncn3)cc2)cc1. The van der Waals surface area contributed by atoms with Gasteiger partial charge in [0.1, 0.15) is 17.9 Å². The molecule has 1 saturated heterocycles. The van der Waals surface area contributed by atoms with Crippen LogP contribution in [0.5, 0.6) is 5.75 Å². The maximum absolute atomic E-state index is 13.2. The highest BCUT2D eigenvalue weighted by Gasteiger charge is 2.27. The van der Waals surface area contributed by atoms with Gasteiger partial charge in [0.25, 0.3) is 10.0 Å². The van der Waals surface area contributed by atoms with E-state index in [4.69, 9.17) is 9.57 Å². The number of nitrogens with zero attached hydrogens (tertiary/aromatic N) is 5. The summed E-state index contributed by atoms with van der Waals surface area (Å²) < 4.78 is 34.4. The van der Waals surface area contributed by atoms with Gasteiger partial charge < -0.3 is 24.4 Å². The number of hydrogen-bond acceptors (Lipinski definition) is 9. The molecule has 0 saturated carbocycles. The zero-order valence-corrected chi connectivity index (χ0v) is 25.7. The number of aromatic nitrogens is 3. The quantitative estimate of drug-likeness (QED) is 0.131. The first-order valence-electron chi connectivity index (χ1n) is 14.8. The van der Waals surface area contributed by atoms with Crippen LogP contribution in [0.15, 0.2) is 96.3 Å². The first kappa shape index (κ1) is 30.1. The molecule has 0 bridgehead atoms. The molecule has 1 N–H and O–H groups in total. The van der Waals surface area contributed by atoms with Crippen molar-refractivity contribution in [1.29, 1.82) is 0 Å². The standard InChI is InChI=1S/C33H34N6O5S/c1-43-29-10-12-30(13-11-29)45(41,42)39(44-24-40)28-8-6-27(7-9-28)36-33-22-31(34-23-35-33)25-5-14-32-26(21-25)15-20-38(32)19-4-18-37-16-2-3-17-37/h5-15,20-24H,2-4,16-19H2,1H3,(H,34,35,36). The fourth-order valence-electron chi connectivity index (χ4n) is 5.56. The minimum absolute atomic E-state index is 0.0619. The Balaban J connectivity index is 1.14. The molecule has 0 amide bonds. The Morgan fingerprint density at radius 2 is 1.71 bits per heavy atom. The lowest BCUT2D eigenvalue weighted by atomic mass is 10.1. The molecule has 6 rings (SSSR count). The highest BCUT2D eigenvalue weighted by atomic mass is 32.2. The van der Waals surface area contributed by atoms with E-state index in [0.717, 1.165) is 36.2 Å². The minimum atomic E-state index is -4.19. The zero-order chi connectivity index (χ0) is 31.2. The summed E-state index contributed by atoms with van der Waals surface area (Å²) in [5.41, 5.74) is 3.74. The summed E-state index contributed by atoms with van der Waals surface area (Å²) in [4.78, 5) is 27.4. The second-order valence-corrected chi connectivity index (χ2v) is 12.5. The first-order valence-corrected chi connectivity index (χ1v) is 16.2.